The molecule has 2 aliphatic heterocycles. The van der Waals surface area contributed by atoms with Crippen LogP contribution in [0.1, 0.15) is 44.9 Å². The van der Waals surface area contributed by atoms with Crippen LogP contribution in [-0.4, -0.2) is 58.1 Å². The van der Waals surface area contributed by atoms with Crippen LogP contribution in [0.2, 0.25) is 0 Å². The Hall–Kier alpha value is -0.210. The monoisotopic (exact) mass is 345 g/mol. The molecule has 3 atom stereocenters. The normalized spacial score (nSPS) is 39.4. The fourth-order valence-electron chi connectivity index (χ4n) is 4.28. The van der Waals surface area contributed by atoms with Crippen LogP contribution in [-0.2, 0) is 14.6 Å². The van der Waals surface area contributed by atoms with E-state index >= 15 is 0 Å². The maximum absolute atomic E-state index is 11.7. The lowest BCUT2D eigenvalue weighted by molar-refractivity contribution is 0.103. The van der Waals surface area contributed by atoms with Crippen molar-refractivity contribution in [3.63, 3.8) is 0 Å². The van der Waals surface area contributed by atoms with Gasteiger partial charge < -0.3 is 4.74 Å². The third-order valence-electron chi connectivity index (χ3n) is 5.70. The van der Waals surface area contributed by atoms with Gasteiger partial charge in [-0.2, -0.15) is 0 Å². The fourth-order valence-corrected chi connectivity index (χ4v) is 5.41. The summed E-state index contributed by atoms with van der Waals surface area (Å²) in [5.74, 6) is 0.627. The van der Waals surface area contributed by atoms with E-state index in [0.717, 1.165) is 45.2 Å². The molecular weight excluding hydrogens is 314 g/mol. The Morgan fingerprint density at radius 3 is 2.57 bits per heavy atom. The highest BCUT2D eigenvalue weighted by atomic mass is 32.2. The SMILES string of the molecule is CS(=O)(=O)C1CCC(C2CCCC(NCC3CNCO3)N2)CC1. The Kier molecular flexibility index (Phi) is 5.96. The molecule has 3 unspecified atom stereocenters. The molecule has 2 saturated heterocycles. The molecule has 3 aliphatic rings. The minimum absolute atomic E-state index is 0.108. The first-order chi connectivity index (χ1) is 11.0. The van der Waals surface area contributed by atoms with E-state index < -0.39 is 9.84 Å². The first-order valence-corrected chi connectivity index (χ1v) is 11.0. The van der Waals surface area contributed by atoms with E-state index in [2.05, 4.69) is 16.0 Å². The molecule has 134 valence electrons. The third-order valence-corrected chi connectivity index (χ3v) is 7.38. The Morgan fingerprint density at radius 1 is 1.13 bits per heavy atom. The van der Waals surface area contributed by atoms with Gasteiger partial charge in [0.25, 0.3) is 0 Å². The lowest BCUT2D eigenvalue weighted by Crippen LogP contribution is -2.54. The smallest absolute Gasteiger partial charge is 0.150 e. The summed E-state index contributed by atoms with van der Waals surface area (Å²) in [6.45, 7) is 2.48. The second kappa shape index (κ2) is 7.78. The first kappa shape index (κ1) is 17.6. The predicted octanol–water partition coefficient (Wildman–Crippen LogP) is 0.594. The Balaban J connectivity index is 1.43. The molecule has 0 aromatic carbocycles. The molecule has 0 bridgehead atoms. The molecule has 3 fully saturated rings. The van der Waals surface area contributed by atoms with Crippen molar-refractivity contribution < 1.29 is 13.2 Å². The van der Waals surface area contributed by atoms with Gasteiger partial charge in [-0.3, -0.25) is 16.0 Å². The van der Waals surface area contributed by atoms with Crippen LogP contribution in [0.15, 0.2) is 0 Å². The van der Waals surface area contributed by atoms with Crippen LogP contribution >= 0.6 is 0 Å². The number of ether oxygens (including phenoxy) is 1. The van der Waals surface area contributed by atoms with E-state index in [0.29, 0.717) is 24.9 Å². The number of nitrogens with one attached hydrogen (secondary N) is 3. The summed E-state index contributed by atoms with van der Waals surface area (Å²) < 4.78 is 29.0. The standard InChI is InChI=1S/C16H31N3O3S/c1-23(20,21)14-7-5-12(6-8-14)15-3-2-4-16(19-15)18-10-13-9-17-11-22-13/h12-19H,2-11H2,1H3. The van der Waals surface area contributed by atoms with Crippen molar-refractivity contribution in [2.24, 2.45) is 5.92 Å². The molecule has 0 aromatic heterocycles. The summed E-state index contributed by atoms with van der Waals surface area (Å²) in [6, 6.07) is 0.532. The number of piperidine rings is 1. The van der Waals surface area contributed by atoms with Crippen molar-refractivity contribution in [3.8, 4) is 0 Å². The molecule has 2 heterocycles. The van der Waals surface area contributed by atoms with Crippen LogP contribution in [0.5, 0.6) is 0 Å². The van der Waals surface area contributed by atoms with Crippen molar-refractivity contribution in [1.82, 2.24) is 16.0 Å². The van der Waals surface area contributed by atoms with E-state index in [1.54, 1.807) is 0 Å². The summed E-state index contributed by atoms with van der Waals surface area (Å²) >= 11 is 0. The molecule has 0 spiro atoms. The largest absolute Gasteiger partial charge is 0.360 e. The number of sulfone groups is 1. The number of rotatable bonds is 5. The van der Waals surface area contributed by atoms with Gasteiger partial charge in [-0.25, -0.2) is 8.42 Å². The minimum Gasteiger partial charge on any atom is -0.360 e. The van der Waals surface area contributed by atoms with E-state index in [4.69, 9.17) is 4.74 Å². The van der Waals surface area contributed by atoms with E-state index in [1.165, 1.54) is 19.1 Å². The van der Waals surface area contributed by atoms with Gasteiger partial charge in [0.15, 0.2) is 0 Å². The van der Waals surface area contributed by atoms with Gasteiger partial charge in [0.05, 0.1) is 24.3 Å². The average molecular weight is 346 g/mol. The summed E-state index contributed by atoms with van der Waals surface area (Å²) in [4.78, 5) is 0. The molecule has 3 rings (SSSR count). The van der Waals surface area contributed by atoms with Crippen molar-refractivity contribution in [3.05, 3.63) is 0 Å². The summed E-state index contributed by atoms with van der Waals surface area (Å²) in [5, 5.41) is 10.5. The highest BCUT2D eigenvalue weighted by Gasteiger charge is 2.34. The summed E-state index contributed by atoms with van der Waals surface area (Å²) in [7, 11) is -2.86. The molecule has 1 aliphatic carbocycles. The van der Waals surface area contributed by atoms with Crippen molar-refractivity contribution in [2.75, 3.05) is 26.1 Å². The average Bonchev–Trinajstić information content (AvgIpc) is 3.06. The van der Waals surface area contributed by atoms with E-state index in [-0.39, 0.29) is 11.4 Å². The summed E-state index contributed by atoms with van der Waals surface area (Å²) in [5.41, 5.74) is 0. The van der Waals surface area contributed by atoms with E-state index in [9.17, 15) is 8.42 Å². The van der Waals surface area contributed by atoms with Gasteiger partial charge in [0.1, 0.15) is 9.84 Å². The Bertz CT molecular complexity index is 471. The second-order valence-electron chi connectivity index (χ2n) is 7.42. The zero-order valence-electron chi connectivity index (χ0n) is 14.1. The van der Waals surface area contributed by atoms with Gasteiger partial charge in [-0.05, 0) is 50.9 Å². The van der Waals surface area contributed by atoms with Crippen LogP contribution in [0.4, 0.5) is 0 Å². The van der Waals surface area contributed by atoms with Crippen LogP contribution in [0.3, 0.4) is 0 Å². The molecular formula is C16H31N3O3S. The maximum atomic E-state index is 11.7. The van der Waals surface area contributed by atoms with Crippen LogP contribution in [0, 0.1) is 5.92 Å². The Labute approximate surface area is 140 Å². The van der Waals surface area contributed by atoms with Gasteiger partial charge in [0.2, 0.25) is 0 Å². The molecule has 23 heavy (non-hydrogen) atoms. The number of hydrogen-bond donors (Lipinski definition) is 3. The molecule has 0 radical (unpaired) electrons. The predicted molar refractivity (Wildman–Crippen MR) is 90.9 cm³/mol. The zero-order chi connectivity index (χ0) is 16.3. The minimum atomic E-state index is -2.86. The lowest BCUT2D eigenvalue weighted by atomic mass is 9.80. The van der Waals surface area contributed by atoms with E-state index in [1.807, 2.05) is 0 Å². The van der Waals surface area contributed by atoms with Crippen molar-refractivity contribution in [2.45, 2.75) is 68.5 Å². The molecule has 3 N–H and O–H groups in total. The van der Waals surface area contributed by atoms with Gasteiger partial charge in [0, 0.05) is 25.4 Å². The highest BCUT2D eigenvalue weighted by Crippen LogP contribution is 2.33. The maximum Gasteiger partial charge on any atom is 0.150 e. The second-order valence-corrected chi connectivity index (χ2v) is 9.74. The van der Waals surface area contributed by atoms with Gasteiger partial charge in [-0.1, -0.05) is 0 Å². The lowest BCUT2D eigenvalue weighted by Gasteiger charge is -2.39. The zero-order valence-corrected chi connectivity index (χ0v) is 14.9. The molecule has 7 heteroatoms. The Morgan fingerprint density at radius 2 is 1.91 bits per heavy atom. The van der Waals surface area contributed by atoms with Gasteiger partial charge >= 0.3 is 0 Å². The van der Waals surface area contributed by atoms with Gasteiger partial charge in [-0.15, -0.1) is 0 Å². The first-order valence-electron chi connectivity index (χ1n) is 9.03. The molecule has 0 aromatic rings. The van der Waals surface area contributed by atoms with Crippen molar-refractivity contribution >= 4 is 9.84 Å². The fraction of sp³-hybridized carbons (Fsp3) is 1.00. The van der Waals surface area contributed by atoms with Crippen LogP contribution < -0.4 is 16.0 Å². The van der Waals surface area contributed by atoms with Crippen LogP contribution in [0.25, 0.3) is 0 Å². The summed E-state index contributed by atoms with van der Waals surface area (Å²) in [6.07, 6.45) is 9.40. The molecule has 6 nitrogen and oxygen atoms in total. The molecule has 1 saturated carbocycles. The molecule has 0 amide bonds. The van der Waals surface area contributed by atoms with Crippen molar-refractivity contribution in [1.29, 1.82) is 0 Å². The third kappa shape index (κ3) is 4.89. The topological polar surface area (TPSA) is 79.5 Å². The number of hydrogen-bond acceptors (Lipinski definition) is 6. The highest BCUT2D eigenvalue weighted by molar-refractivity contribution is 7.91. The quantitative estimate of drug-likeness (QED) is 0.677.